The van der Waals surface area contributed by atoms with Crippen molar-refractivity contribution in [2.45, 2.75) is 9.79 Å². The Morgan fingerprint density at radius 3 is 1.50 bits per heavy atom. The van der Waals surface area contributed by atoms with Crippen LogP contribution >= 0.6 is 23.5 Å². The Labute approximate surface area is 113 Å². The van der Waals surface area contributed by atoms with Crippen LogP contribution in [-0.4, -0.2) is 0 Å². The number of para-hydroxylation sites is 2. The molecule has 0 atom stereocenters. The van der Waals surface area contributed by atoms with Crippen LogP contribution in [0, 0.1) is 0 Å². The summed E-state index contributed by atoms with van der Waals surface area (Å²) in [6, 6.07) is 16.0. The van der Waals surface area contributed by atoms with Crippen molar-refractivity contribution in [1.29, 1.82) is 0 Å². The number of rotatable bonds is 0. The lowest BCUT2D eigenvalue weighted by Crippen LogP contribution is -1.92. The molecule has 0 amide bonds. The Morgan fingerprint density at radius 2 is 1.06 bits per heavy atom. The first-order valence-electron chi connectivity index (χ1n) is 5.54. The molecule has 0 saturated heterocycles. The first-order chi connectivity index (χ1) is 8.90. The van der Waals surface area contributed by atoms with E-state index >= 15 is 0 Å². The first kappa shape index (κ1) is 10.4. The summed E-state index contributed by atoms with van der Waals surface area (Å²) < 4.78 is 11.6. The van der Waals surface area contributed by atoms with E-state index in [1.807, 2.05) is 36.4 Å². The molecule has 2 aromatic rings. The molecule has 0 N–H and O–H groups in total. The highest BCUT2D eigenvalue weighted by atomic mass is 32.2. The van der Waals surface area contributed by atoms with Crippen molar-refractivity contribution in [2.24, 2.45) is 0 Å². The summed E-state index contributed by atoms with van der Waals surface area (Å²) in [5.74, 6) is 1.82. The van der Waals surface area contributed by atoms with Crippen molar-refractivity contribution in [1.82, 2.24) is 0 Å². The third-order valence-electron chi connectivity index (χ3n) is 2.68. The average molecular weight is 272 g/mol. The number of thioether (sulfide) groups is 2. The van der Waals surface area contributed by atoms with Crippen LogP contribution in [0.5, 0.6) is 11.5 Å². The lowest BCUT2D eigenvalue weighted by Gasteiger charge is -2.01. The van der Waals surface area contributed by atoms with Gasteiger partial charge in [0.2, 0.25) is 10.2 Å². The molecule has 0 aromatic heterocycles. The molecule has 0 fully saturated rings. The van der Waals surface area contributed by atoms with Gasteiger partial charge in [-0.1, -0.05) is 24.3 Å². The smallest absolute Gasteiger partial charge is 0.215 e. The summed E-state index contributed by atoms with van der Waals surface area (Å²) >= 11 is 3.23. The van der Waals surface area contributed by atoms with Crippen molar-refractivity contribution >= 4 is 23.5 Å². The van der Waals surface area contributed by atoms with E-state index in [0.717, 1.165) is 31.5 Å². The van der Waals surface area contributed by atoms with Gasteiger partial charge in [0.05, 0.1) is 9.79 Å². The zero-order valence-corrected chi connectivity index (χ0v) is 10.9. The van der Waals surface area contributed by atoms with Gasteiger partial charge in [-0.3, -0.25) is 0 Å². The van der Waals surface area contributed by atoms with Crippen LogP contribution in [0.4, 0.5) is 0 Å². The van der Waals surface area contributed by atoms with Gasteiger partial charge in [-0.05, 0) is 47.8 Å². The number of ether oxygens (including phenoxy) is 2. The molecule has 2 aliphatic rings. The number of hydrogen-bond acceptors (Lipinski definition) is 4. The Kier molecular flexibility index (Phi) is 2.31. The Morgan fingerprint density at radius 1 is 0.611 bits per heavy atom. The summed E-state index contributed by atoms with van der Waals surface area (Å²) in [6.45, 7) is 0. The van der Waals surface area contributed by atoms with Crippen LogP contribution in [-0.2, 0) is 0 Å². The summed E-state index contributed by atoms with van der Waals surface area (Å²) in [5.41, 5.74) is 0. The summed E-state index contributed by atoms with van der Waals surface area (Å²) in [4.78, 5) is 2.28. The topological polar surface area (TPSA) is 18.5 Å². The van der Waals surface area contributed by atoms with E-state index < -0.39 is 0 Å². The third kappa shape index (κ3) is 1.61. The Hall–Kier alpha value is -1.52. The normalized spacial score (nSPS) is 20.0. The lowest BCUT2D eigenvalue weighted by molar-refractivity contribution is 0.405. The maximum absolute atomic E-state index is 5.82. The minimum atomic E-state index is 0.831. The van der Waals surface area contributed by atoms with Gasteiger partial charge in [-0.2, -0.15) is 0 Å². The Balaban J connectivity index is 1.70. The van der Waals surface area contributed by atoms with Crippen LogP contribution in [0.3, 0.4) is 0 Å². The van der Waals surface area contributed by atoms with Crippen molar-refractivity contribution < 1.29 is 9.47 Å². The first-order valence-corrected chi connectivity index (χ1v) is 7.17. The van der Waals surface area contributed by atoms with Crippen LogP contribution in [0.15, 0.2) is 68.5 Å². The van der Waals surface area contributed by atoms with Crippen molar-refractivity contribution in [2.75, 3.05) is 0 Å². The largest absolute Gasteiger partial charge is 0.444 e. The predicted octanol–water partition coefficient (Wildman–Crippen LogP) is 4.48. The van der Waals surface area contributed by atoms with Crippen LogP contribution in [0.2, 0.25) is 0 Å². The van der Waals surface area contributed by atoms with E-state index in [4.69, 9.17) is 9.47 Å². The Bertz CT molecular complexity index is 553. The fraction of sp³-hybridized carbons (Fsp3) is 0. The standard InChI is InChI=1S/C14H8O2S2/c1-3-7-11-9(5-1)15-13(17-11)14-16-10-6-2-4-8-12(10)18-14/h1-8H/b14-13+. The molecule has 0 saturated carbocycles. The van der Waals surface area contributed by atoms with E-state index in [-0.39, 0.29) is 0 Å². The highest BCUT2D eigenvalue weighted by Crippen LogP contribution is 2.51. The molecule has 4 heteroatoms. The monoisotopic (exact) mass is 272 g/mol. The zero-order chi connectivity index (χ0) is 11.9. The van der Waals surface area contributed by atoms with Crippen molar-refractivity contribution in [3.8, 4) is 11.5 Å². The summed E-state index contributed by atoms with van der Waals surface area (Å²) in [6.07, 6.45) is 0. The minimum Gasteiger partial charge on any atom is -0.444 e. The van der Waals surface area contributed by atoms with Gasteiger partial charge in [-0.25, -0.2) is 0 Å². The number of benzene rings is 2. The fourth-order valence-electron chi connectivity index (χ4n) is 1.85. The van der Waals surface area contributed by atoms with Gasteiger partial charge in [0, 0.05) is 0 Å². The van der Waals surface area contributed by atoms with Gasteiger partial charge in [0.15, 0.2) is 0 Å². The lowest BCUT2D eigenvalue weighted by atomic mass is 10.3. The van der Waals surface area contributed by atoms with Crippen LogP contribution in [0.25, 0.3) is 0 Å². The van der Waals surface area contributed by atoms with Gasteiger partial charge in [0.25, 0.3) is 0 Å². The second-order valence-corrected chi connectivity index (χ2v) is 5.91. The minimum absolute atomic E-state index is 0.831. The molecule has 2 aromatic carbocycles. The summed E-state index contributed by atoms with van der Waals surface area (Å²) in [7, 11) is 0. The molecular formula is C14H8O2S2. The molecule has 2 nitrogen and oxygen atoms in total. The molecule has 88 valence electrons. The highest BCUT2D eigenvalue weighted by Gasteiger charge is 2.28. The van der Waals surface area contributed by atoms with E-state index in [0.29, 0.717) is 0 Å². The highest BCUT2D eigenvalue weighted by molar-refractivity contribution is 8.07. The predicted molar refractivity (Wildman–Crippen MR) is 72.9 cm³/mol. The SMILES string of the molecule is c1ccc2c(c1)O/C(=C1/Oc3ccccc3S1)S2. The number of hydrogen-bond donors (Lipinski definition) is 0. The van der Waals surface area contributed by atoms with Crippen LogP contribution < -0.4 is 9.47 Å². The van der Waals surface area contributed by atoms with Gasteiger partial charge >= 0.3 is 0 Å². The van der Waals surface area contributed by atoms with Crippen molar-refractivity contribution in [3.63, 3.8) is 0 Å². The van der Waals surface area contributed by atoms with E-state index in [9.17, 15) is 0 Å². The number of fused-ring (bicyclic) bond motifs is 2. The molecule has 0 radical (unpaired) electrons. The quantitative estimate of drug-likeness (QED) is 0.703. The van der Waals surface area contributed by atoms with Gasteiger partial charge in [0.1, 0.15) is 11.5 Å². The third-order valence-corrected chi connectivity index (χ3v) is 4.83. The maximum atomic E-state index is 5.82. The van der Waals surface area contributed by atoms with Crippen LogP contribution in [0.1, 0.15) is 0 Å². The van der Waals surface area contributed by atoms with Gasteiger partial charge < -0.3 is 9.47 Å². The molecule has 0 spiro atoms. The molecule has 0 unspecified atom stereocenters. The van der Waals surface area contributed by atoms with E-state index in [1.54, 1.807) is 23.5 Å². The second kappa shape index (κ2) is 4.00. The molecule has 0 aliphatic carbocycles. The molecule has 18 heavy (non-hydrogen) atoms. The van der Waals surface area contributed by atoms with E-state index in [2.05, 4.69) is 12.1 Å². The molecular weight excluding hydrogens is 264 g/mol. The fourth-order valence-corrected chi connectivity index (χ4v) is 3.72. The summed E-state index contributed by atoms with van der Waals surface area (Å²) in [5, 5.41) is 1.66. The molecule has 2 aliphatic heterocycles. The zero-order valence-electron chi connectivity index (χ0n) is 9.25. The molecule has 0 bridgehead atoms. The second-order valence-electron chi connectivity index (χ2n) is 3.88. The molecule has 2 heterocycles. The van der Waals surface area contributed by atoms with E-state index in [1.165, 1.54) is 0 Å². The molecule has 4 rings (SSSR count). The van der Waals surface area contributed by atoms with Crippen molar-refractivity contribution in [3.05, 3.63) is 58.7 Å². The maximum Gasteiger partial charge on any atom is 0.215 e. The van der Waals surface area contributed by atoms with Gasteiger partial charge in [-0.15, -0.1) is 0 Å². The average Bonchev–Trinajstić information content (AvgIpc) is 3.02.